The van der Waals surface area contributed by atoms with Crippen molar-refractivity contribution in [2.75, 3.05) is 26.2 Å². The van der Waals surface area contributed by atoms with Gasteiger partial charge in [0.15, 0.2) is 0 Å². The number of hydrogen-bond donors (Lipinski definition) is 0. The summed E-state index contributed by atoms with van der Waals surface area (Å²) >= 11 is 0. The maximum atomic E-state index is 13.2. The number of fused-ring (bicyclic) bond motifs is 3. The number of likely N-dealkylation sites (tertiary alicyclic amines) is 2. The van der Waals surface area contributed by atoms with Gasteiger partial charge in [0, 0.05) is 62.3 Å². The van der Waals surface area contributed by atoms with E-state index in [1.807, 2.05) is 12.4 Å². The van der Waals surface area contributed by atoms with Gasteiger partial charge >= 0.3 is 0 Å². The highest BCUT2D eigenvalue weighted by molar-refractivity contribution is 5.79. The quantitative estimate of drug-likeness (QED) is 0.745. The van der Waals surface area contributed by atoms with E-state index in [-0.39, 0.29) is 0 Å². The molecule has 6 rings (SSSR count). The second-order valence-corrected chi connectivity index (χ2v) is 10.1. The standard InChI is InChI=1S/C26H33N5O/c32-26(31-16-24-11-25(31)15-30(24)23-4-2-1-3-5-23)17-29-9-8-20-10-19(6-7-21(20)14-29)22-12-27-18-28-13-22/h6-7,10,12-13,18,23-25H,1-5,8-9,11,14-17H2. The van der Waals surface area contributed by atoms with Crippen LogP contribution < -0.4 is 0 Å². The van der Waals surface area contributed by atoms with Gasteiger partial charge in [-0.1, -0.05) is 37.5 Å². The summed E-state index contributed by atoms with van der Waals surface area (Å²) in [5.41, 5.74) is 4.96. The van der Waals surface area contributed by atoms with E-state index in [9.17, 15) is 4.79 Å². The van der Waals surface area contributed by atoms with Gasteiger partial charge in [-0.25, -0.2) is 9.97 Å². The summed E-state index contributed by atoms with van der Waals surface area (Å²) in [7, 11) is 0. The van der Waals surface area contributed by atoms with E-state index < -0.39 is 0 Å². The van der Waals surface area contributed by atoms with E-state index in [2.05, 4.69) is 42.9 Å². The third-order valence-corrected chi connectivity index (χ3v) is 8.20. The minimum atomic E-state index is 0.335. The Morgan fingerprint density at radius 3 is 2.56 bits per heavy atom. The fourth-order valence-corrected chi connectivity index (χ4v) is 6.52. The van der Waals surface area contributed by atoms with Crippen LogP contribution in [0.2, 0.25) is 0 Å². The number of rotatable bonds is 4. The van der Waals surface area contributed by atoms with E-state index in [0.29, 0.717) is 24.5 Å². The van der Waals surface area contributed by atoms with Crippen LogP contribution >= 0.6 is 0 Å². The smallest absolute Gasteiger partial charge is 0.237 e. The second kappa shape index (κ2) is 8.56. The van der Waals surface area contributed by atoms with Crippen LogP contribution in [0.15, 0.2) is 36.9 Å². The summed E-state index contributed by atoms with van der Waals surface area (Å²) in [5, 5.41) is 0. The number of hydrogen-bond acceptors (Lipinski definition) is 5. The molecule has 3 aliphatic heterocycles. The molecular weight excluding hydrogens is 398 g/mol. The molecule has 1 aliphatic carbocycles. The van der Waals surface area contributed by atoms with Gasteiger partial charge < -0.3 is 4.90 Å². The SMILES string of the molecule is O=C(CN1CCc2cc(-c3cncnc3)ccc2C1)N1CC2CC1CN2C1CCCCC1. The summed E-state index contributed by atoms with van der Waals surface area (Å²) in [6, 6.07) is 8.47. The van der Waals surface area contributed by atoms with Crippen molar-refractivity contribution in [3.63, 3.8) is 0 Å². The first-order chi connectivity index (χ1) is 15.7. The van der Waals surface area contributed by atoms with Crippen LogP contribution in [0.5, 0.6) is 0 Å². The Balaban J connectivity index is 1.06. The first-order valence-corrected chi connectivity index (χ1v) is 12.4. The lowest BCUT2D eigenvalue weighted by Gasteiger charge is -2.41. The van der Waals surface area contributed by atoms with Gasteiger partial charge in [-0.2, -0.15) is 0 Å². The first-order valence-electron chi connectivity index (χ1n) is 12.4. The van der Waals surface area contributed by atoms with Gasteiger partial charge in [-0.15, -0.1) is 0 Å². The van der Waals surface area contributed by atoms with E-state index in [0.717, 1.165) is 44.2 Å². The molecule has 4 aliphatic rings. The monoisotopic (exact) mass is 431 g/mol. The molecule has 6 heteroatoms. The van der Waals surface area contributed by atoms with Crippen molar-refractivity contribution >= 4 is 5.91 Å². The topological polar surface area (TPSA) is 52.6 Å². The van der Waals surface area contributed by atoms with Crippen LogP contribution in [0.25, 0.3) is 11.1 Å². The average Bonchev–Trinajstić information content (AvgIpc) is 3.46. The molecule has 2 bridgehead atoms. The zero-order valence-corrected chi connectivity index (χ0v) is 18.8. The maximum Gasteiger partial charge on any atom is 0.237 e. The normalized spacial score (nSPS) is 26.4. The fourth-order valence-electron chi connectivity index (χ4n) is 6.52. The summed E-state index contributed by atoms with van der Waals surface area (Å²) < 4.78 is 0. The Morgan fingerprint density at radius 1 is 0.938 bits per heavy atom. The molecule has 0 spiro atoms. The molecule has 1 saturated carbocycles. The molecule has 0 N–H and O–H groups in total. The number of amides is 1. The third kappa shape index (κ3) is 3.84. The number of piperazine rings is 1. The summed E-state index contributed by atoms with van der Waals surface area (Å²) in [6.07, 6.45) is 14.4. The Kier molecular flexibility index (Phi) is 5.43. The van der Waals surface area contributed by atoms with Gasteiger partial charge in [0.2, 0.25) is 5.91 Å². The highest BCUT2D eigenvalue weighted by Crippen LogP contribution is 2.36. The van der Waals surface area contributed by atoms with Gasteiger partial charge in [-0.3, -0.25) is 14.6 Å². The van der Waals surface area contributed by atoms with Crippen LogP contribution in [0.3, 0.4) is 0 Å². The molecule has 0 radical (unpaired) electrons. The van der Waals surface area contributed by atoms with Crippen molar-refractivity contribution in [2.24, 2.45) is 0 Å². The molecule has 6 nitrogen and oxygen atoms in total. The van der Waals surface area contributed by atoms with E-state index >= 15 is 0 Å². The van der Waals surface area contributed by atoms with Gasteiger partial charge in [0.05, 0.1) is 6.54 Å². The number of benzene rings is 1. The highest BCUT2D eigenvalue weighted by atomic mass is 16.2. The predicted octanol–water partition coefficient (Wildman–Crippen LogP) is 3.12. The molecule has 2 saturated heterocycles. The lowest BCUT2D eigenvalue weighted by Crippen LogP contribution is -2.54. The minimum Gasteiger partial charge on any atom is -0.336 e. The van der Waals surface area contributed by atoms with Crippen LogP contribution in [-0.2, 0) is 17.8 Å². The Morgan fingerprint density at radius 2 is 1.78 bits per heavy atom. The summed E-state index contributed by atoms with van der Waals surface area (Å²) in [6.45, 7) is 4.43. The van der Waals surface area contributed by atoms with Crippen molar-refractivity contribution in [1.82, 2.24) is 24.7 Å². The molecule has 1 amide bonds. The van der Waals surface area contributed by atoms with Gasteiger partial charge in [0.25, 0.3) is 0 Å². The highest BCUT2D eigenvalue weighted by Gasteiger charge is 2.47. The summed E-state index contributed by atoms with van der Waals surface area (Å²) in [4.78, 5) is 28.8. The van der Waals surface area contributed by atoms with Crippen molar-refractivity contribution in [3.05, 3.63) is 48.0 Å². The molecule has 1 aromatic carbocycles. The number of carbonyl (C=O) groups excluding carboxylic acids is 1. The maximum absolute atomic E-state index is 13.2. The van der Waals surface area contributed by atoms with Crippen molar-refractivity contribution in [1.29, 1.82) is 0 Å². The van der Waals surface area contributed by atoms with Crippen molar-refractivity contribution in [2.45, 2.75) is 69.6 Å². The minimum absolute atomic E-state index is 0.335. The summed E-state index contributed by atoms with van der Waals surface area (Å²) in [5.74, 6) is 0.335. The molecule has 2 unspecified atom stereocenters. The Hall–Kier alpha value is -2.31. The van der Waals surface area contributed by atoms with Crippen LogP contribution in [-0.4, -0.2) is 74.9 Å². The van der Waals surface area contributed by atoms with E-state index in [4.69, 9.17) is 0 Å². The zero-order valence-electron chi connectivity index (χ0n) is 18.8. The molecule has 168 valence electrons. The fraction of sp³-hybridized carbons (Fsp3) is 0.577. The molecule has 4 heterocycles. The average molecular weight is 432 g/mol. The lowest BCUT2D eigenvalue weighted by molar-refractivity contribution is -0.135. The number of carbonyl (C=O) groups is 1. The Bertz CT molecular complexity index is 973. The lowest BCUT2D eigenvalue weighted by atomic mass is 9.93. The molecule has 3 fully saturated rings. The van der Waals surface area contributed by atoms with Crippen LogP contribution in [0, 0.1) is 0 Å². The third-order valence-electron chi connectivity index (χ3n) is 8.20. The van der Waals surface area contributed by atoms with E-state index in [1.165, 1.54) is 55.2 Å². The first kappa shape index (κ1) is 20.3. The zero-order chi connectivity index (χ0) is 21.5. The van der Waals surface area contributed by atoms with Crippen LogP contribution in [0.1, 0.15) is 49.7 Å². The second-order valence-electron chi connectivity index (χ2n) is 10.1. The number of aromatic nitrogens is 2. The van der Waals surface area contributed by atoms with Crippen molar-refractivity contribution < 1.29 is 4.79 Å². The largest absolute Gasteiger partial charge is 0.336 e. The van der Waals surface area contributed by atoms with Gasteiger partial charge in [0.1, 0.15) is 6.33 Å². The molecule has 1 aromatic heterocycles. The van der Waals surface area contributed by atoms with Crippen LogP contribution in [0.4, 0.5) is 0 Å². The molecular formula is C26H33N5O. The number of nitrogens with zero attached hydrogens (tertiary/aromatic N) is 5. The predicted molar refractivity (Wildman–Crippen MR) is 124 cm³/mol. The molecule has 32 heavy (non-hydrogen) atoms. The molecule has 2 atom stereocenters. The van der Waals surface area contributed by atoms with E-state index in [1.54, 1.807) is 6.33 Å². The Labute approximate surface area is 190 Å². The molecule has 2 aromatic rings. The van der Waals surface area contributed by atoms with Gasteiger partial charge in [-0.05, 0) is 42.4 Å². The van der Waals surface area contributed by atoms with Crippen molar-refractivity contribution in [3.8, 4) is 11.1 Å².